The number of alkyl halides is 3. The number of piperidine rings is 1. The van der Waals surface area contributed by atoms with Gasteiger partial charge in [-0.05, 0) is 67.3 Å². The monoisotopic (exact) mass is 615 g/mol. The number of Topliss-reactive ketones (excluding diaryl/α,β-unsaturated/α-hetero) is 1. The molecule has 0 saturated carbocycles. The predicted octanol–water partition coefficient (Wildman–Crippen LogP) is 4.33. The number of ketones is 1. The summed E-state index contributed by atoms with van der Waals surface area (Å²) in [6.45, 7) is 1.84. The summed E-state index contributed by atoms with van der Waals surface area (Å²) in [4.78, 5) is 18.3. The van der Waals surface area contributed by atoms with Crippen LogP contribution in [0.25, 0.3) is 11.8 Å². The fourth-order valence-corrected chi connectivity index (χ4v) is 7.29. The summed E-state index contributed by atoms with van der Waals surface area (Å²) in [6.07, 6.45) is 1.29. The van der Waals surface area contributed by atoms with Crippen LogP contribution >= 0.6 is 0 Å². The van der Waals surface area contributed by atoms with Crippen molar-refractivity contribution in [1.82, 2.24) is 34.1 Å². The van der Waals surface area contributed by atoms with E-state index in [9.17, 15) is 30.8 Å². The Kier molecular flexibility index (Phi) is 7.04. The number of halogens is 4. The highest BCUT2D eigenvalue weighted by Gasteiger charge is 2.52. The van der Waals surface area contributed by atoms with Crippen molar-refractivity contribution in [2.24, 2.45) is 5.41 Å². The maximum absolute atomic E-state index is 14.3. The lowest BCUT2D eigenvalue weighted by molar-refractivity contribution is -0.137. The molecule has 2 aliphatic rings. The van der Waals surface area contributed by atoms with Crippen LogP contribution in [-0.2, 0) is 29.2 Å². The van der Waals surface area contributed by atoms with Crippen LogP contribution in [0.2, 0.25) is 0 Å². The second kappa shape index (κ2) is 10.5. The van der Waals surface area contributed by atoms with Crippen LogP contribution in [0.5, 0.6) is 0 Å². The van der Waals surface area contributed by atoms with Gasteiger partial charge in [-0.15, -0.1) is 5.10 Å². The van der Waals surface area contributed by atoms with Crippen molar-refractivity contribution in [3.05, 3.63) is 88.9 Å². The summed E-state index contributed by atoms with van der Waals surface area (Å²) >= 11 is 0. The van der Waals surface area contributed by atoms with Crippen molar-refractivity contribution < 1.29 is 30.8 Å². The third kappa shape index (κ3) is 4.95. The number of nitrogens with zero attached hydrogens (tertiary/aromatic N) is 7. The molecule has 10 nitrogen and oxygen atoms in total. The van der Waals surface area contributed by atoms with Crippen LogP contribution in [-0.4, -0.2) is 61.4 Å². The first-order chi connectivity index (χ1) is 20.4. The Hall–Kier alpha value is -4.24. The molecular formula is C28H25F4N7O3S. The zero-order valence-corrected chi connectivity index (χ0v) is 23.6. The molecule has 1 atom stereocenters. The number of hydrogen-bond acceptors (Lipinski definition) is 7. The van der Waals surface area contributed by atoms with E-state index in [1.165, 1.54) is 23.0 Å². The van der Waals surface area contributed by atoms with E-state index in [0.29, 0.717) is 41.5 Å². The molecule has 1 fully saturated rings. The number of hydrogen-bond donors (Lipinski definition) is 0. The van der Waals surface area contributed by atoms with Gasteiger partial charge in [0.15, 0.2) is 10.8 Å². The summed E-state index contributed by atoms with van der Waals surface area (Å²) in [6, 6.07) is 7.13. The largest absolute Gasteiger partial charge is 0.416 e. The Morgan fingerprint density at radius 3 is 2.60 bits per heavy atom. The highest BCUT2D eigenvalue weighted by atomic mass is 32.2. The summed E-state index contributed by atoms with van der Waals surface area (Å²) < 4.78 is 86.0. The zero-order valence-electron chi connectivity index (χ0n) is 22.8. The first-order valence-corrected chi connectivity index (χ1v) is 14.9. The average Bonchev–Trinajstić information content (AvgIpc) is 3.62. The van der Waals surface area contributed by atoms with Crippen molar-refractivity contribution in [2.75, 3.05) is 13.1 Å². The van der Waals surface area contributed by atoms with Gasteiger partial charge < -0.3 is 0 Å². The summed E-state index contributed by atoms with van der Waals surface area (Å²) in [5.74, 6) is -1.16. The molecule has 6 rings (SSSR count). The van der Waals surface area contributed by atoms with Crippen LogP contribution in [0, 0.1) is 11.2 Å². The Bertz CT molecular complexity index is 1850. The van der Waals surface area contributed by atoms with Gasteiger partial charge in [-0.25, -0.2) is 22.2 Å². The molecule has 1 aromatic carbocycles. The molecule has 43 heavy (non-hydrogen) atoms. The Labute approximate surface area is 243 Å². The van der Waals surface area contributed by atoms with Gasteiger partial charge in [0, 0.05) is 25.8 Å². The minimum atomic E-state index is -4.71. The molecule has 0 amide bonds. The molecule has 15 heteroatoms. The first kappa shape index (κ1) is 28.9. The lowest BCUT2D eigenvalue weighted by atomic mass is 9.65. The lowest BCUT2D eigenvalue weighted by Crippen LogP contribution is -2.53. The van der Waals surface area contributed by atoms with Crippen LogP contribution < -0.4 is 0 Å². The number of fused-ring (bicyclic) bond motifs is 2. The van der Waals surface area contributed by atoms with Crippen LogP contribution in [0.4, 0.5) is 17.6 Å². The molecule has 0 bridgehead atoms. The molecule has 4 aromatic rings. The van der Waals surface area contributed by atoms with Gasteiger partial charge in [0.25, 0.3) is 10.0 Å². The summed E-state index contributed by atoms with van der Waals surface area (Å²) in [5.41, 5.74) is -0.728. The van der Waals surface area contributed by atoms with Crippen LogP contribution in [0.1, 0.15) is 47.1 Å². The number of carbonyl (C=O) groups excluding carboxylic acids is 1. The van der Waals surface area contributed by atoms with E-state index in [1.54, 1.807) is 22.9 Å². The summed E-state index contributed by atoms with van der Waals surface area (Å²) in [5, 5.41) is 11.9. The first-order valence-electron chi connectivity index (χ1n) is 13.4. The van der Waals surface area contributed by atoms with Crippen molar-refractivity contribution in [3.8, 4) is 5.69 Å². The highest BCUT2D eigenvalue weighted by Crippen LogP contribution is 2.47. The summed E-state index contributed by atoms with van der Waals surface area (Å²) in [7, 11) is -4.19. The molecule has 1 saturated heterocycles. The topological polar surface area (TPSA) is 116 Å². The second-order valence-corrected chi connectivity index (χ2v) is 12.4. The van der Waals surface area contributed by atoms with Gasteiger partial charge in [0.2, 0.25) is 0 Å². The highest BCUT2D eigenvalue weighted by molar-refractivity contribution is 7.89. The lowest BCUT2D eigenvalue weighted by Gasteiger charge is -2.44. The van der Waals surface area contributed by atoms with Crippen LogP contribution in [0.15, 0.2) is 65.6 Å². The molecule has 4 heterocycles. The van der Waals surface area contributed by atoms with E-state index in [2.05, 4.69) is 20.4 Å². The van der Waals surface area contributed by atoms with Gasteiger partial charge in [-0.1, -0.05) is 17.7 Å². The third-order valence-electron chi connectivity index (χ3n) is 7.83. The number of aryl methyl sites for hydroxylation is 1. The average molecular weight is 616 g/mol. The predicted molar refractivity (Wildman–Crippen MR) is 145 cm³/mol. The fraction of sp³-hybridized carbons (Fsp3) is 0.321. The third-order valence-corrected chi connectivity index (χ3v) is 9.66. The van der Waals surface area contributed by atoms with E-state index in [-0.39, 0.29) is 31.0 Å². The van der Waals surface area contributed by atoms with Crippen molar-refractivity contribution >= 4 is 21.9 Å². The SMILES string of the molecule is CCCn1nncc1S(=O)(=O)N1CCC2=Cc3c(cnn3-c3ccc(F)cc3)C[C@]2(C(=O)c2cc(C(F)(F)F)ccn2)C1. The number of carbonyl (C=O) groups is 1. The molecule has 1 aliphatic carbocycles. The second-order valence-electron chi connectivity index (χ2n) is 10.5. The van der Waals surface area contributed by atoms with E-state index in [1.807, 2.05) is 6.92 Å². The maximum Gasteiger partial charge on any atom is 0.416 e. The van der Waals surface area contributed by atoms with Crippen LogP contribution in [0.3, 0.4) is 0 Å². The zero-order chi connectivity index (χ0) is 30.6. The van der Waals surface area contributed by atoms with Gasteiger partial charge in [-0.2, -0.15) is 22.6 Å². The normalized spacial score (nSPS) is 19.0. The molecule has 0 spiro atoms. The smallest absolute Gasteiger partial charge is 0.291 e. The van der Waals surface area contributed by atoms with Gasteiger partial charge in [-0.3, -0.25) is 9.78 Å². The van der Waals surface area contributed by atoms with Crippen molar-refractivity contribution in [3.63, 3.8) is 0 Å². The number of benzene rings is 1. The Morgan fingerprint density at radius 1 is 1.12 bits per heavy atom. The van der Waals surface area contributed by atoms with Gasteiger partial charge in [0.05, 0.1) is 34.8 Å². The van der Waals surface area contributed by atoms with E-state index < -0.39 is 44.5 Å². The molecular weight excluding hydrogens is 590 g/mol. The Balaban J connectivity index is 1.46. The van der Waals surface area contributed by atoms with Gasteiger partial charge in [0.1, 0.15) is 11.5 Å². The molecule has 1 aliphatic heterocycles. The molecule has 224 valence electrons. The standard InChI is InChI=1S/C28H25F4N7O3S/c1-2-10-38-25(16-34-36-38)43(41,42)37-11-8-19-13-24-18(15-35-39(24)22-5-3-21(29)4-6-22)14-27(19,17-37)26(40)23-12-20(7-9-33-23)28(30,31)32/h3-7,9,12-13,15-16H,2,8,10-11,14,17H2,1H3/t27-/m0/s1. The van der Waals surface area contributed by atoms with Crippen molar-refractivity contribution in [2.45, 2.75) is 43.9 Å². The van der Waals surface area contributed by atoms with Crippen molar-refractivity contribution in [1.29, 1.82) is 0 Å². The minimum absolute atomic E-state index is 0.0105. The number of rotatable bonds is 7. The number of aromatic nitrogens is 6. The number of pyridine rings is 1. The van der Waals surface area contributed by atoms with E-state index in [0.717, 1.165) is 22.8 Å². The fourth-order valence-electron chi connectivity index (χ4n) is 5.73. The molecule has 3 aromatic heterocycles. The van der Waals surface area contributed by atoms with E-state index >= 15 is 0 Å². The maximum atomic E-state index is 14.3. The number of sulfonamides is 1. The Morgan fingerprint density at radius 2 is 1.88 bits per heavy atom. The quantitative estimate of drug-likeness (QED) is 0.225. The van der Waals surface area contributed by atoms with E-state index in [4.69, 9.17) is 0 Å². The van der Waals surface area contributed by atoms with Gasteiger partial charge >= 0.3 is 6.18 Å². The molecule has 0 radical (unpaired) electrons. The minimum Gasteiger partial charge on any atom is -0.291 e. The molecule has 0 N–H and O–H groups in total. The molecule has 0 unspecified atom stereocenters.